The van der Waals surface area contributed by atoms with Crippen molar-refractivity contribution >= 4 is 11.6 Å². The van der Waals surface area contributed by atoms with Gasteiger partial charge >= 0.3 is 0 Å². The Labute approximate surface area is 109 Å². The zero-order valence-corrected chi connectivity index (χ0v) is 11.2. The average Bonchev–Trinajstić information content (AvgIpc) is 3.11. The lowest BCUT2D eigenvalue weighted by atomic mass is 10.1. The SMILES string of the molecule is CN(CCNC1CC1)CCc1cccc(Cl)c1. The summed E-state index contributed by atoms with van der Waals surface area (Å²) >= 11 is 5.96. The highest BCUT2D eigenvalue weighted by Gasteiger charge is 2.19. The first-order valence-electron chi connectivity index (χ1n) is 6.40. The maximum atomic E-state index is 5.96. The van der Waals surface area contributed by atoms with E-state index in [-0.39, 0.29) is 0 Å². The van der Waals surface area contributed by atoms with Gasteiger partial charge in [-0.05, 0) is 44.0 Å². The lowest BCUT2D eigenvalue weighted by Crippen LogP contribution is -2.31. The summed E-state index contributed by atoms with van der Waals surface area (Å²) in [6.07, 6.45) is 3.80. The second kappa shape index (κ2) is 6.39. The summed E-state index contributed by atoms with van der Waals surface area (Å²) in [6, 6.07) is 8.96. The Hall–Kier alpha value is -0.570. The van der Waals surface area contributed by atoms with Gasteiger partial charge in [0.1, 0.15) is 0 Å². The molecule has 0 bridgehead atoms. The molecule has 0 atom stereocenters. The molecule has 2 nitrogen and oxygen atoms in total. The highest BCUT2D eigenvalue weighted by atomic mass is 35.5. The molecule has 17 heavy (non-hydrogen) atoms. The monoisotopic (exact) mass is 252 g/mol. The Morgan fingerprint density at radius 2 is 2.18 bits per heavy atom. The van der Waals surface area contributed by atoms with E-state index in [4.69, 9.17) is 11.6 Å². The first-order valence-corrected chi connectivity index (χ1v) is 6.78. The molecular formula is C14H21ClN2. The van der Waals surface area contributed by atoms with E-state index in [9.17, 15) is 0 Å². The molecule has 1 aliphatic carbocycles. The molecule has 0 radical (unpaired) electrons. The van der Waals surface area contributed by atoms with Gasteiger partial charge < -0.3 is 10.2 Å². The predicted octanol–water partition coefficient (Wildman–Crippen LogP) is 2.57. The number of hydrogen-bond donors (Lipinski definition) is 1. The highest BCUT2D eigenvalue weighted by Crippen LogP contribution is 2.18. The van der Waals surface area contributed by atoms with E-state index < -0.39 is 0 Å². The number of nitrogens with one attached hydrogen (secondary N) is 1. The molecule has 0 spiro atoms. The Morgan fingerprint density at radius 1 is 1.35 bits per heavy atom. The number of halogens is 1. The Balaban J connectivity index is 1.62. The molecule has 2 rings (SSSR count). The fourth-order valence-corrected chi connectivity index (χ4v) is 2.08. The largest absolute Gasteiger partial charge is 0.313 e. The molecular weight excluding hydrogens is 232 g/mol. The predicted molar refractivity (Wildman–Crippen MR) is 73.7 cm³/mol. The standard InChI is InChI=1S/C14H21ClN2/c1-17(10-8-16-14-5-6-14)9-7-12-3-2-4-13(15)11-12/h2-4,11,14,16H,5-10H2,1H3. The first kappa shape index (κ1) is 12.9. The third-order valence-corrected chi connectivity index (χ3v) is 3.41. The van der Waals surface area contributed by atoms with E-state index in [1.807, 2.05) is 12.1 Å². The van der Waals surface area contributed by atoms with Crippen LogP contribution in [-0.4, -0.2) is 37.6 Å². The van der Waals surface area contributed by atoms with Crippen LogP contribution in [0.5, 0.6) is 0 Å². The topological polar surface area (TPSA) is 15.3 Å². The highest BCUT2D eigenvalue weighted by molar-refractivity contribution is 6.30. The van der Waals surface area contributed by atoms with Gasteiger partial charge in [0.25, 0.3) is 0 Å². The van der Waals surface area contributed by atoms with Gasteiger partial charge in [-0.25, -0.2) is 0 Å². The van der Waals surface area contributed by atoms with Crippen LogP contribution in [-0.2, 0) is 6.42 Å². The van der Waals surface area contributed by atoms with E-state index in [2.05, 4.69) is 29.4 Å². The molecule has 0 aliphatic heterocycles. The van der Waals surface area contributed by atoms with Gasteiger partial charge in [0, 0.05) is 30.7 Å². The molecule has 1 aromatic carbocycles. The quantitative estimate of drug-likeness (QED) is 0.803. The van der Waals surface area contributed by atoms with Crippen molar-refractivity contribution in [1.29, 1.82) is 0 Å². The number of benzene rings is 1. The van der Waals surface area contributed by atoms with Crippen LogP contribution in [0, 0.1) is 0 Å². The van der Waals surface area contributed by atoms with Crippen molar-refractivity contribution in [3.05, 3.63) is 34.9 Å². The molecule has 3 heteroatoms. The molecule has 1 aromatic rings. The second-order valence-corrected chi connectivity index (χ2v) is 5.35. The summed E-state index contributed by atoms with van der Waals surface area (Å²) in [6.45, 7) is 3.32. The summed E-state index contributed by atoms with van der Waals surface area (Å²) in [5.74, 6) is 0. The van der Waals surface area contributed by atoms with Crippen molar-refractivity contribution < 1.29 is 0 Å². The van der Waals surface area contributed by atoms with Crippen molar-refractivity contribution in [2.24, 2.45) is 0 Å². The Bertz CT molecular complexity index is 350. The van der Waals surface area contributed by atoms with E-state index in [0.29, 0.717) is 0 Å². The molecule has 1 fully saturated rings. The zero-order valence-electron chi connectivity index (χ0n) is 10.5. The zero-order chi connectivity index (χ0) is 12.1. The lowest BCUT2D eigenvalue weighted by molar-refractivity contribution is 0.335. The molecule has 0 heterocycles. The fraction of sp³-hybridized carbons (Fsp3) is 0.571. The van der Waals surface area contributed by atoms with Crippen LogP contribution in [0.3, 0.4) is 0 Å². The fourth-order valence-electron chi connectivity index (χ4n) is 1.87. The van der Waals surface area contributed by atoms with Gasteiger partial charge in [-0.2, -0.15) is 0 Å². The molecule has 0 unspecified atom stereocenters. The average molecular weight is 253 g/mol. The minimum absolute atomic E-state index is 0.816. The van der Waals surface area contributed by atoms with Crippen LogP contribution in [0.25, 0.3) is 0 Å². The van der Waals surface area contributed by atoms with E-state index in [1.165, 1.54) is 18.4 Å². The van der Waals surface area contributed by atoms with Gasteiger partial charge in [-0.15, -0.1) is 0 Å². The van der Waals surface area contributed by atoms with Crippen LogP contribution >= 0.6 is 11.6 Å². The van der Waals surface area contributed by atoms with Crippen LogP contribution in [0.2, 0.25) is 5.02 Å². The van der Waals surface area contributed by atoms with Crippen LogP contribution in [0.15, 0.2) is 24.3 Å². The van der Waals surface area contributed by atoms with Crippen molar-refractivity contribution in [3.8, 4) is 0 Å². The Kier molecular flexibility index (Phi) is 4.84. The molecule has 1 aliphatic rings. The maximum absolute atomic E-state index is 5.96. The molecule has 94 valence electrons. The molecule has 1 N–H and O–H groups in total. The van der Waals surface area contributed by atoms with Crippen molar-refractivity contribution in [2.45, 2.75) is 25.3 Å². The number of likely N-dealkylation sites (N-methyl/N-ethyl adjacent to an activating group) is 1. The van der Waals surface area contributed by atoms with Gasteiger partial charge in [-0.1, -0.05) is 23.7 Å². The van der Waals surface area contributed by atoms with E-state index in [0.717, 1.165) is 37.1 Å². The molecule has 0 saturated heterocycles. The minimum atomic E-state index is 0.816. The molecule has 0 amide bonds. The van der Waals surface area contributed by atoms with Crippen LogP contribution < -0.4 is 5.32 Å². The van der Waals surface area contributed by atoms with Gasteiger partial charge in [0.15, 0.2) is 0 Å². The van der Waals surface area contributed by atoms with Crippen LogP contribution in [0.1, 0.15) is 18.4 Å². The smallest absolute Gasteiger partial charge is 0.0408 e. The third kappa shape index (κ3) is 5.07. The normalized spacial score (nSPS) is 15.5. The van der Waals surface area contributed by atoms with Gasteiger partial charge in [0.05, 0.1) is 0 Å². The summed E-state index contributed by atoms with van der Waals surface area (Å²) in [7, 11) is 2.18. The summed E-state index contributed by atoms with van der Waals surface area (Å²) in [4.78, 5) is 2.37. The van der Waals surface area contributed by atoms with Crippen LogP contribution in [0.4, 0.5) is 0 Å². The van der Waals surface area contributed by atoms with Gasteiger partial charge in [-0.3, -0.25) is 0 Å². The van der Waals surface area contributed by atoms with E-state index in [1.54, 1.807) is 0 Å². The lowest BCUT2D eigenvalue weighted by Gasteiger charge is -2.16. The minimum Gasteiger partial charge on any atom is -0.313 e. The number of hydrogen-bond acceptors (Lipinski definition) is 2. The second-order valence-electron chi connectivity index (χ2n) is 4.91. The Morgan fingerprint density at radius 3 is 2.88 bits per heavy atom. The summed E-state index contributed by atoms with van der Waals surface area (Å²) in [5, 5.41) is 4.37. The maximum Gasteiger partial charge on any atom is 0.0408 e. The van der Waals surface area contributed by atoms with Crippen molar-refractivity contribution in [1.82, 2.24) is 10.2 Å². The van der Waals surface area contributed by atoms with Crippen molar-refractivity contribution in [3.63, 3.8) is 0 Å². The summed E-state index contributed by atoms with van der Waals surface area (Å²) in [5.41, 5.74) is 1.32. The van der Waals surface area contributed by atoms with E-state index >= 15 is 0 Å². The molecule has 0 aromatic heterocycles. The summed E-state index contributed by atoms with van der Waals surface area (Å²) < 4.78 is 0. The molecule has 1 saturated carbocycles. The van der Waals surface area contributed by atoms with Crippen molar-refractivity contribution in [2.75, 3.05) is 26.7 Å². The number of nitrogens with zero attached hydrogens (tertiary/aromatic N) is 1. The third-order valence-electron chi connectivity index (χ3n) is 3.18. The van der Waals surface area contributed by atoms with Gasteiger partial charge in [0.2, 0.25) is 0 Å². The number of rotatable bonds is 7. The first-order chi connectivity index (χ1) is 8.24.